The van der Waals surface area contributed by atoms with Crippen LogP contribution in [0.1, 0.15) is 5.56 Å². The summed E-state index contributed by atoms with van der Waals surface area (Å²) < 4.78 is 1.58. The Hall–Kier alpha value is -3.03. The van der Waals surface area contributed by atoms with Crippen LogP contribution in [0.25, 0.3) is 16.6 Å². The van der Waals surface area contributed by atoms with Crippen LogP contribution in [0.15, 0.2) is 87.6 Å². The maximum absolute atomic E-state index is 13.2. The molecule has 0 saturated carbocycles. The van der Waals surface area contributed by atoms with Crippen LogP contribution in [-0.2, 0) is 4.79 Å². The number of carbonyl (C=O) groups excluding carboxylic acids is 1. The van der Waals surface area contributed by atoms with Gasteiger partial charge in [-0.2, -0.15) is 0 Å². The highest BCUT2D eigenvalue weighted by molar-refractivity contribution is 7.99. The van der Waals surface area contributed by atoms with E-state index in [4.69, 9.17) is 0 Å². The van der Waals surface area contributed by atoms with Gasteiger partial charge in [-0.15, -0.1) is 11.8 Å². The van der Waals surface area contributed by atoms with Crippen LogP contribution in [0, 0.1) is 6.92 Å². The van der Waals surface area contributed by atoms with E-state index < -0.39 is 0 Å². The van der Waals surface area contributed by atoms with Gasteiger partial charge in [0, 0.05) is 10.6 Å². The summed E-state index contributed by atoms with van der Waals surface area (Å²) in [6, 6.07) is 22.7. The lowest BCUT2D eigenvalue weighted by Crippen LogP contribution is -2.23. The van der Waals surface area contributed by atoms with Crippen molar-refractivity contribution in [3.8, 4) is 5.69 Å². The largest absolute Gasteiger partial charge is 0.325 e. The van der Waals surface area contributed by atoms with Crippen molar-refractivity contribution in [3.63, 3.8) is 0 Å². The van der Waals surface area contributed by atoms with Gasteiger partial charge in [-0.25, -0.2) is 4.98 Å². The van der Waals surface area contributed by atoms with Crippen LogP contribution in [0.2, 0.25) is 0 Å². The predicted octanol–water partition coefficient (Wildman–Crippen LogP) is 5.15. The summed E-state index contributed by atoms with van der Waals surface area (Å²) in [7, 11) is 0. The number of para-hydroxylation sites is 1. The van der Waals surface area contributed by atoms with Crippen LogP contribution in [0.5, 0.6) is 0 Å². The average molecular weight is 448 g/mol. The van der Waals surface area contributed by atoms with Gasteiger partial charge in [0.1, 0.15) is 0 Å². The molecular formula is C24H21N3O2S2. The molecule has 1 amide bonds. The minimum absolute atomic E-state index is 0.139. The lowest BCUT2D eigenvalue weighted by atomic mass is 10.2. The number of anilines is 1. The van der Waals surface area contributed by atoms with Crippen molar-refractivity contribution < 1.29 is 4.79 Å². The summed E-state index contributed by atoms with van der Waals surface area (Å²) in [5, 5.41) is 3.95. The van der Waals surface area contributed by atoms with Crippen LogP contribution >= 0.6 is 23.5 Å². The Morgan fingerprint density at radius 1 is 1.03 bits per heavy atom. The molecular weight excluding hydrogens is 426 g/mol. The van der Waals surface area contributed by atoms with E-state index in [0.29, 0.717) is 16.1 Å². The number of fused-ring (bicyclic) bond motifs is 1. The Labute approximate surface area is 188 Å². The molecule has 0 aliphatic carbocycles. The smallest absolute Gasteiger partial charge is 0.266 e. The van der Waals surface area contributed by atoms with Gasteiger partial charge >= 0.3 is 0 Å². The topological polar surface area (TPSA) is 64.0 Å². The average Bonchev–Trinajstić information content (AvgIpc) is 2.79. The van der Waals surface area contributed by atoms with E-state index in [-0.39, 0.29) is 17.2 Å². The molecule has 0 spiro atoms. The molecule has 1 N–H and O–H groups in total. The number of benzene rings is 3. The molecule has 3 aromatic carbocycles. The first-order valence-electron chi connectivity index (χ1n) is 9.71. The van der Waals surface area contributed by atoms with E-state index in [2.05, 4.69) is 10.3 Å². The normalized spacial score (nSPS) is 10.9. The molecule has 5 nitrogen and oxygen atoms in total. The van der Waals surface area contributed by atoms with Crippen molar-refractivity contribution in [2.24, 2.45) is 0 Å². The second-order valence-electron chi connectivity index (χ2n) is 6.96. The molecule has 0 unspecified atom stereocenters. The molecule has 0 bridgehead atoms. The number of hydrogen-bond acceptors (Lipinski definition) is 5. The number of amides is 1. The fraction of sp³-hybridized carbons (Fsp3) is 0.125. The first-order valence-corrected chi connectivity index (χ1v) is 11.9. The summed E-state index contributed by atoms with van der Waals surface area (Å²) in [6.07, 6.45) is 1.99. The molecule has 1 aromatic heterocycles. The number of aryl methyl sites for hydroxylation is 1. The van der Waals surface area contributed by atoms with Gasteiger partial charge in [0.15, 0.2) is 5.16 Å². The Morgan fingerprint density at radius 2 is 1.81 bits per heavy atom. The van der Waals surface area contributed by atoms with Crippen molar-refractivity contribution in [3.05, 3.63) is 88.7 Å². The SMILES string of the molecule is CSc1cccc(NC(=O)CSc2nc3ccccc3c(=O)n2-c2ccc(C)cc2)c1. The maximum atomic E-state index is 13.2. The van der Waals surface area contributed by atoms with Crippen LogP contribution < -0.4 is 10.9 Å². The maximum Gasteiger partial charge on any atom is 0.266 e. The van der Waals surface area contributed by atoms with Crippen molar-refractivity contribution in [1.29, 1.82) is 0 Å². The molecule has 0 radical (unpaired) electrons. The monoisotopic (exact) mass is 447 g/mol. The molecule has 0 saturated heterocycles. The number of nitrogens with zero attached hydrogens (tertiary/aromatic N) is 2. The highest BCUT2D eigenvalue weighted by Gasteiger charge is 2.15. The zero-order valence-corrected chi connectivity index (χ0v) is 18.8. The van der Waals surface area contributed by atoms with Gasteiger partial charge in [-0.3, -0.25) is 14.2 Å². The first-order chi connectivity index (χ1) is 15.0. The molecule has 0 atom stereocenters. The molecule has 4 aromatic rings. The second-order valence-corrected chi connectivity index (χ2v) is 8.78. The Balaban J connectivity index is 1.64. The number of hydrogen-bond donors (Lipinski definition) is 1. The minimum Gasteiger partial charge on any atom is -0.325 e. The quantitative estimate of drug-likeness (QED) is 0.327. The highest BCUT2D eigenvalue weighted by Crippen LogP contribution is 2.23. The van der Waals surface area contributed by atoms with Gasteiger partial charge in [0.2, 0.25) is 5.91 Å². The number of thioether (sulfide) groups is 2. The van der Waals surface area contributed by atoms with E-state index in [1.54, 1.807) is 22.4 Å². The van der Waals surface area contributed by atoms with Gasteiger partial charge < -0.3 is 5.32 Å². The highest BCUT2D eigenvalue weighted by atomic mass is 32.2. The summed E-state index contributed by atoms with van der Waals surface area (Å²) in [5.41, 5.74) is 3.05. The van der Waals surface area contributed by atoms with Gasteiger partial charge in [-0.05, 0) is 55.6 Å². The third-order valence-corrected chi connectivity index (χ3v) is 6.39. The van der Waals surface area contributed by atoms with Crippen molar-refractivity contribution in [2.75, 3.05) is 17.3 Å². The predicted molar refractivity (Wildman–Crippen MR) is 130 cm³/mol. The van der Waals surface area contributed by atoms with Crippen molar-refractivity contribution >= 4 is 46.0 Å². The molecule has 7 heteroatoms. The van der Waals surface area contributed by atoms with E-state index in [1.807, 2.05) is 79.9 Å². The lowest BCUT2D eigenvalue weighted by Gasteiger charge is -2.13. The van der Waals surface area contributed by atoms with Crippen LogP contribution in [0.3, 0.4) is 0 Å². The van der Waals surface area contributed by atoms with Crippen molar-refractivity contribution in [1.82, 2.24) is 9.55 Å². The summed E-state index contributed by atoms with van der Waals surface area (Å²) >= 11 is 2.87. The van der Waals surface area contributed by atoms with E-state index in [9.17, 15) is 9.59 Å². The molecule has 156 valence electrons. The fourth-order valence-corrected chi connectivity index (χ4v) is 4.43. The zero-order chi connectivity index (χ0) is 21.8. The molecule has 0 aliphatic heterocycles. The summed E-state index contributed by atoms with van der Waals surface area (Å²) in [5.74, 6) is -0.0127. The van der Waals surface area contributed by atoms with E-state index >= 15 is 0 Å². The lowest BCUT2D eigenvalue weighted by molar-refractivity contribution is -0.113. The summed E-state index contributed by atoms with van der Waals surface area (Å²) in [4.78, 5) is 31.6. The van der Waals surface area contributed by atoms with Gasteiger partial charge in [-0.1, -0.05) is 47.7 Å². The molecule has 1 heterocycles. The number of rotatable bonds is 6. The van der Waals surface area contributed by atoms with E-state index in [0.717, 1.165) is 21.8 Å². The molecule has 31 heavy (non-hydrogen) atoms. The van der Waals surface area contributed by atoms with E-state index in [1.165, 1.54) is 11.8 Å². The third kappa shape index (κ3) is 4.84. The van der Waals surface area contributed by atoms with Crippen molar-refractivity contribution in [2.45, 2.75) is 17.0 Å². The van der Waals surface area contributed by atoms with Gasteiger partial charge in [0.25, 0.3) is 5.56 Å². The zero-order valence-electron chi connectivity index (χ0n) is 17.2. The Bertz CT molecular complexity index is 1300. The Morgan fingerprint density at radius 3 is 2.58 bits per heavy atom. The first kappa shape index (κ1) is 21.2. The third-order valence-electron chi connectivity index (χ3n) is 4.72. The van der Waals surface area contributed by atoms with Gasteiger partial charge in [0.05, 0.1) is 22.3 Å². The molecule has 0 aliphatic rings. The number of carbonyl (C=O) groups is 1. The molecule has 0 fully saturated rings. The van der Waals surface area contributed by atoms with Crippen LogP contribution in [0.4, 0.5) is 5.69 Å². The second kappa shape index (κ2) is 9.41. The number of nitrogens with one attached hydrogen (secondary N) is 1. The minimum atomic E-state index is -0.152. The standard InChI is InChI=1S/C24H21N3O2S2/c1-16-10-12-18(13-11-16)27-23(29)20-8-3-4-9-21(20)26-24(27)31-15-22(28)25-17-6-5-7-19(14-17)30-2/h3-14H,15H2,1-2H3,(H,25,28). The molecule has 4 rings (SSSR count). The fourth-order valence-electron chi connectivity index (χ4n) is 3.16. The summed E-state index contributed by atoms with van der Waals surface area (Å²) in [6.45, 7) is 2.00. The number of aromatic nitrogens is 2. The Kier molecular flexibility index (Phi) is 6.44. The van der Waals surface area contributed by atoms with Crippen LogP contribution in [-0.4, -0.2) is 27.5 Å².